The van der Waals surface area contributed by atoms with E-state index in [9.17, 15) is 22.0 Å². The SMILES string of the molecule is C[Si](C)CCC(F)(F)C(F)(F)F.[N]#[Y].[Y]. The molecule has 0 saturated carbocycles. The maximum absolute atomic E-state index is 12.2. The van der Waals surface area contributed by atoms with Crippen LogP contribution in [0.25, 0.3) is 0 Å². The van der Waals surface area contributed by atoms with Gasteiger partial charge in [-0.15, -0.1) is 0 Å². The average molecular weight is 397 g/mol. The molecule has 0 atom stereocenters. The Kier molecular flexibility index (Phi) is 14.3. The van der Waals surface area contributed by atoms with E-state index in [1.807, 2.05) is 0 Å². The molecule has 0 spiro atoms. The van der Waals surface area contributed by atoms with E-state index in [2.05, 4.69) is 0 Å². The van der Waals surface area contributed by atoms with Crippen LogP contribution in [0.1, 0.15) is 6.42 Å². The molecule has 84 valence electrons. The van der Waals surface area contributed by atoms with Gasteiger partial charge in [-0.2, -0.15) is 22.0 Å². The third kappa shape index (κ3) is 10.6. The normalized spacial score (nSPS) is 11.5. The molecule has 0 aromatic rings. The average Bonchev–Trinajstić information content (AvgIpc) is 2.03. The van der Waals surface area contributed by atoms with Crippen LogP contribution < -0.4 is 0 Å². The molecule has 1 nitrogen and oxygen atoms in total. The van der Waals surface area contributed by atoms with Crippen molar-refractivity contribution in [1.82, 2.24) is 0 Å². The summed E-state index contributed by atoms with van der Waals surface area (Å²) in [5, 5.41) is 0. The first-order valence-corrected chi connectivity index (χ1v) is 7.64. The van der Waals surface area contributed by atoms with Crippen molar-refractivity contribution < 1.29 is 85.3 Å². The van der Waals surface area contributed by atoms with Crippen molar-refractivity contribution in [2.24, 2.45) is 0 Å². The van der Waals surface area contributed by atoms with E-state index in [0.29, 0.717) is 30.6 Å². The smallest absolute Gasteiger partial charge is 0 e. The molecule has 0 amide bonds. The van der Waals surface area contributed by atoms with Crippen molar-refractivity contribution in [2.45, 2.75) is 37.7 Å². The summed E-state index contributed by atoms with van der Waals surface area (Å²) in [5.41, 5.74) is 0. The Labute approximate surface area is 132 Å². The maximum Gasteiger partial charge on any atom is 0 e. The summed E-state index contributed by atoms with van der Waals surface area (Å²) in [4.78, 5) is 0. The summed E-state index contributed by atoms with van der Waals surface area (Å²) in [6.45, 7) is 3.41. The fourth-order valence-corrected chi connectivity index (χ4v) is 1.36. The fourth-order valence-electron chi connectivity index (χ4n) is 0.549. The molecule has 0 aliphatic rings. The Bertz CT molecular complexity index is 182. The van der Waals surface area contributed by atoms with Gasteiger partial charge in [-0.3, -0.25) is 0 Å². The number of alkyl halides is 5. The summed E-state index contributed by atoms with van der Waals surface area (Å²) in [7, 11) is -1.01. The van der Waals surface area contributed by atoms with Gasteiger partial charge in [-0.05, 0) is 0 Å². The third-order valence-electron chi connectivity index (χ3n) is 1.35. The Hall–Kier alpha value is 1.78. The molecule has 15 heavy (non-hydrogen) atoms. The second-order valence-electron chi connectivity index (χ2n) is 2.91. The largest absolute Gasteiger partial charge is 0 e. The Morgan fingerprint density at radius 2 is 1.40 bits per heavy atom. The zero-order chi connectivity index (χ0) is 12.0. The van der Waals surface area contributed by atoms with Crippen LogP contribution in [-0.2, 0) is 63.3 Å². The van der Waals surface area contributed by atoms with E-state index >= 15 is 0 Å². The van der Waals surface area contributed by atoms with Crippen LogP contribution in [0.5, 0.6) is 0 Å². The summed E-state index contributed by atoms with van der Waals surface area (Å²) in [6.07, 6.45) is -6.46. The summed E-state index contributed by atoms with van der Waals surface area (Å²) < 4.78 is 66.1. The van der Waals surface area contributed by atoms with E-state index < -0.39 is 27.3 Å². The number of halogens is 5. The molecule has 0 unspecified atom stereocenters. The molecule has 0 heterocycles. The Balaban J connectivity index is -0.000000449. The van der Waals surface area contributed by atoms with Gasteiger partial charge in [0.25, 0.3) is 0 Å². The van der Waals surface area contributed by atoms with Gasteiger partial charge in [-0.1, -0.05) is 19.1 Å². The Morgan fingerprint density at radius 3 is 1.60 bits per heavy atom. The van der Waals surface area contributed by atoms with Gasteiger partial charge in [0.15, 0.2) is 0 Å². The first-order valence-electron chi connectivity index (χ1n) is 3.66. The first kappa shape index (κ1) is 22.0. The number of rotatable bonds is 3. The monoisotopic (exact) mass is 397 g/mol. The molecule has 0 N–H and O–H groups in total. The molecule has 0 aliphatic heterocycles. The van der Waals surface area contributed by atoms with Crippen LogP contribution in [0.2, 0.25) is 19.1 Å². The number of nitrogens with zero attached hydrogens (tertiary/aromatic N) is 1. The van der Waals surface area contributed by atoms with Crippen LogP contribution in [0.15, 0.2) is 0 Å². The zero-order valence-electron chi connectivity index (χ0n) is 8.41. The molecular formula is C6H10F5NSiY2. The minimum atomic E-state index is -5.38. The molecule has 0 aromatic heterocycles. The minimum absolute atomic E-state index is 0. The quantitative estimate of drug-likeness (QED) is 0.530. The second kappa shape index (κ2) is 9.78. The summed E-state index contributed by atoms with van der Waals surface area (Å²) in [6, 6.07) is -0.0167. The second-order valence-corrected chi connectivity index (χ2v) is 5.82. The van der Waals surface area contributed by atoms with E-state index in [4.69, 9.17) is 2.28 Å². The van der Waals surface area contributed by atoms with Crippen LogP contribution in [-0.4, -0.2) is 20.9 Å². The molecular weight excluding hydrogens is 387 g/mol. The maximum atomic E-state index is 12.2. The van der Waals surface area contributed by atoms with Crippen LogP contribution >= 0.6 is 0 Å². The van der Waals surface area contributed by atoms with E-state index in [-0.39, 0.29) is 38.8 Å². The number of hydrogen-bond donors (Lipinski definition) is 0. The van der Waals surface area contributed by atoms with E-state index in [1.54, 1.807) is 13.1 Å². The van der Waals surface area contributed by atoms with Crippen LogP contribution in [0.3, 0.4) is 0 Å². The molecule has 0 saturated heterocycles. The Morgan fingerprint density at radius 1 is 1.07 bits per heavy atom. The topological polar surface area (TPSA) is 23.8 Å². The molecule has 0 fully saturated rings. The van der Waals surface area contributed by atoms with Crippen molar-refractivity contribution in [1.29, 1.82) is 2.28 Å². The molecule has 0 bridgehead atoms. The van der Waals surface area contributed by atoms with Crippen LogP contribution in [0.4, 0.5) is 22.0 Å². The molecule has 2 radical (unpaired) electrons. The van der Waals surface area contributed by atoms with Gasteiger partial charge in [0.2, 0.25) is 0 Å². The number of hydrogen-bond acceptors (Lipinski definition) is 1. The van der Waals surface area contributed by atoms with Crippen molar-refractivity contribution in [3.63, 3.8) is 0 Å². The van der Waals surface area contributed by atoms with Crippen molar-refractivity contribution in [2.75, 3.05) is 0 Å². The predicted molar refractivity (Wildman–Crippen MR) is 39.6 cm³/mol. The standard InChI is InChI=1S/C6H10F5Si.N.2Y/c1-12(2)4-3-5(7,8)6(9,10)11;;;/h3-4H2,1-2H3;;;. The fraction of sp³-hybridized carbons (Fsp3) is 1.00. The predicted octanol–water partition coefficient (Wildman–Crippen LogP) is 3.34. The van der Waals surface area contributed by atoms with Crippen molar-refractivity contribution >= 4 is 8.80 Å². The van der Waals surface area contributed by atoms with Gasteiger partial charge in [-0.25, -0.2) is 0 Å². The van der Waals surface area contributed by atoms with Gasteiger partial charge in [0, 0.05) is 47.9 Å². The summed E-state index contributed by atoms with van der Waals surface area (Å²) >= 11 is 0.350. The van der Waals surface area contributed by atoms with E-state index in [1.165, 1.54) is 0 Å². The molecule has 0 rings (SSSR count). The van der Waals surface area contributed by atoms with E-state index in [0.717, 1.165) is 0 Å². The van der Waals surface area contributed by atoms with Gasteiger partial charge in [0.1, 0.15) is 0 Å². The minimum Gasteiger partial charge on any atom is 0 e. The van der Waals surface area contributed by atoms with Crippen molar-refractivity contribution in [3.8, 4) is 0 Å². The molecule has 9 heteroatoms. The third-order valence-corrected chi connectivity index (χ3v) is 2.60. The summed E-state index contributed by atoms with van der Waals surface area (Å²) in [5.74, 6) is -4.51. The van der Waals surface area contributed by atoms with Crippen LogP contribution in [0, 0.1) is 2.28 Å². The molecule has 0 aromatic carbocycles. The zero-order valence-corrected chi connectivity index (χ0v) is 15.1. The first-order chi connectivity index (χ1) is 6.17. The van der Waals surface area contributed by atoms with Crippen molar-refractivity contribution in [3.05, 3.63) is 0 Å². The van der Waals surface area contributed by atoms with Gasteiger partial charge in [0.05, 0.1) is 0 Å². The van der Waals surface area contributed by atoms with Gasteiger partial charge >= 0.3 is 45.0 Å². The molecule has 0 aliphatic carbocycles. The van der Waals surface area contributed by atoms with Gasteiger partial charge < -0.3 is 0 Å².